The quantitative estimate of drug-likeness (QED) is 0.614. The largest absolute Gasteiger partial charge is 0.204 e. The van der Waals surface area contributed by atoms with Gasteiger partial charge in [-0.15, -0.1) is 0 Å². The number of nitrogens with zero attached hydrogens (tertiary/aromatic N) is 1. The zero-order valence-electron chi connectivity index (χ0n) is 5.24. The lowest BCUT2D eigenvalue weighted by Crippen LogP contribution is -1.87. The van der Waals surface area contributed by atoms with Crippen LogP contribution in [0.3, 0.4) is 0 Å². The first-order valence-corrected chi connectivity index (χ1v) is 3.49. The Bertz CT molecular complexity index is 307. The van der Waals surface area contributed by atoms with Crippen molar-refractivity contribution in [3.8, 4) is 6.07 Å². The molecule has 0 aliphatic heterocycles. The topological polar surface area (TPSA) is 23.8 Å². The van der Waals surface area contributed by atoms with Crippen LogP contribution in [0.1, 0.15) is 5.56 Å². The summed E-state index contributed by atoms with van der Waals surface area (Å²) in [5.41, 5.74) is 0.0933. The number of hydrogen-bond donors (Lipinski definition) is 0. The van der Waals surface area contributed by atoms with Crippen LogP contribution >= 0.6 is 15.9 Å². The van der Waals surface area contributed by atoms with E-state index >= 15 is 0 Å². The summed E-state index contributed by atoms with van der Waals surface area (Å²) in [4.78, 5) is 0. The summed E-state index contributed by atoms with van der Waals surface area (Å²) in [7, 11) is 0. The third kappa shape index (κ3) is 1.55. The lowest BCUT2D eigenvalue weighted by atomic mass is 10.2. The van der Waals surface area contributed by atoms with Gasteiger partial charge in [0.2, 0.25) is 0 Å². The number of benzene rings is 1. The number of rotatable bonds is 0. The van der Waals surface area contributed by atoms with Gasteiger partial charge in [-0.1, -0.05) is 0 Å². The Hall–Kier alpha value is -0.950. The first-order valence-electron chi connectivity index (χ1n) is 2.70. The fourth-order valence-electron chi connectivity index (χ4n) is 0.620. The van der Waals surface area contributed by atoms with E-state index in [0.29, 0.717) is 0 Å². The van der Waals surface area contributed by atoms with Crippen molar-refractivity contribution in [1.29, 1.82) is 5.26 Å². The summed E-state index contributed by atoms with van der Waals surface area (Å²) in [5, 5.41) is 8.32. The second-order valence-corrected chi connectivity index (χ2v) is 2.72. The predicted octanol–water partition coefficient (Wildman–Crippen LogP) is 2.60. The maximum atomic E-state index is 12.5. The summed E-state index contributed by atoms with van der Waals surface area (Å²) in [6.07, 6.45) is 0. The predicted molar refractivity (Wildman–Crippen MR) is 38.8 cm³/mol. The van der Waals surface area contributed by atoms with Crippen molar-refractivity contribution in [3.63, 3.8) is 0 Å². The van der Waals surface area contributed by atoms with Crippen LogP contribution in [0, 0.1) is 23.0 Å². The van der Waals surface area contributed by atoms with Crippen molar-refractivity contribution in [2.24, 2.45) is 0 Å². The monoisotopic (exact) mass is 217 g/mol. The van der Waals surface area contributed by atoms with Crippen LogP contribution in [0.5, 0.6) is 0 Å². The molecule has 56 valence electrons. The van der Waals surface area contributed by atoms with Gasteiger partial charge in [-0.05, 0) is 28.1 Å². The molecule has 1 nitrogen and oxygen atoms in total. The maximum Gasteiger partial charge on any atom is 0.173 e. The van der Waals surface area contributed by atoms with Gasteiger partial charge in [-0.25, -0.2) is 8.78 Å². The van der Waals surface area contributed by atoms with Crippen LogP contribution in [0.25, 0.3) is 0 Å². The standard InChI is InChI=1S/C7H2BrF2N/c8-5-1-4(3-11)2-6(9)7(5)10/h1-2H. The molecule has 0 fully saturated rings. The minimum atomic E-state index is -1.02. The number of nitriles is 1. The van der Waals surface area contributed by atoms with Gasteiger partial charge in [-0.3, -0.25) is 0 Å². The van der Waals surface area contributed by atoms with Gasteiger partial charge < -0.3 is 0 Å². The Morgan fingerprint density at radius 3 is 2.45 bits per heavy atom. The molecule has 0 aliphatic carbocycles. The number of halogens is 3. The molecule has 1 aromatic rings. The highest BCUT2D eigenvalue weighted by atomic mass is 79.9. The molecule has 0 saturated carbocycles. The van der Waals surface area contributed by atoms with Gasteiger partial charge in [-0.2, -0.15) is 5.26 Å². The highest BCUT2D eigenvalue weighted by molar-refractivity contribution is 9.10. The minimum Gasteiger partial charge on any atom is -0.204 e. The van der Waals surface area contributed by atoms with Gasteiger partial charge in [0, 0.05) is 0 Å². The van der Waals surface area contributed by atoms with E-state index in [4.69, 9.17) is 5.26 Å². The highest BCUT2D eigenvalue weighted by Gasteiger charge is 2.07. The van der Waals surface area contributed by atoms with Crippen LogP contribution < -0.4 is 0 Å². The molecular weight excluding hydrogens is 216 g/mol. The molecule has 4 heteroatoms. The summed E-state index contributed by atoms with van der Waals surface area (Å²) >= 11 is 2.77. The molecule has 0 heterocycles. The van der Waals surface area contributed by atoms with Crippen LogP contribution in [0.2, 0.25) is 0 Å². The summed E-state index contributed by atoms with van der Waals surface area (Å²) in [6.45, 7) is 0. The molecule has 1 aromatic carbocycles. The van der Waals surface area contributed by atoms with Crippen LogP contribution in [0.15, 0.2) is 16.6 Å². The Morgan fingerprint density at radius 2 is 2.00 bits per heavy atom. The Kier molecular flexibility index (Phi) is 2.20. The molecule has 0 radical (unpaired) electrons. The van der Waals surface area contributed by atoms with E-state index in [-0.39, 0.29) is 10.0 Å². The zero-order chi connectivity index (χ0) is 8.43. The molecule has 0 atom stereocenters. The lowest BCUT2D eigenvalue weighted by molar-refractivity contribution is 0.504. The van der Waals surface area contributed by atoms with Crippen molar-refractivity contribution in [2.75, 3.05) is 0 Å². The fraction of sp³-hybridized carbons (Fsp3) is 0. The average molecular weight is 218 g/mol. The molecular formula is C7H2BrF2N. The minimum absolute atomic E-state index is 0.0333. The molecule has 0 unspecified atom stereocenters. The van der Waals surface area contributed by atoms with Crippen molar-refractivity contribution >= 4 is 15.9 Å². The van der Waals surface area contributed by atoms with Crippen LogP contribution in [0.4, 0.5) is 8.78 Å². The molecule has 11 heavy (non-hydrogen) atoms. The van der Waals surface area contributed by atoms with Gasteiger partial charge in [0.05, 0.1) is 16.1 Å². The van der Waals surface area contributed by atoms with Crippen molar-refractivity contribution in [1.82, 2.24) is 0 Å². The molecule has 0 aliphatic rings. The van der Waals surface area contributed by atoms with E-state index in [1.54, 1.807) is 6.07 Å². The third-order valence-electron chi connectivity index (χ3n) is 1.11. The first-order chi connectivity index (χ1) is 5.15. The van der Waals surface area contributed by atoms with Gasteiger partial charge in [0.15, 0.2) is 11.6 Å². The van der Waals surface area contributed by atoms with Gasteiger partial charge >= 0.3 is 0 Å². The summed E-state index contributed by atoms with van der Waals surface area (Å²) < 4.78 is 25.0. The normalized spacial score (nSPS) is 9.27. The average Bonchev–Trinajstić information content (AvgIpc) is 1.99. The van der Waals surface area contributed by atoms with E-state index in [9.17, 15) is 8.78 Å². The Balaban J connectivity index is 3.35. The van der Waals surface area contributed by atoms with Gasteiger partial charge in [0.25, 0.3) is 0 Å². The van der Waals surface area contributed by atoms with E-state index in [1.165, 1.54) is 6.07 Å². The highest BCUT2D eigenvalue weighted by Crippen LogP contribution is 2.19. The van der Waals surface area contributed by atoms with Crippen molar-refractivity contribution in [3.05, 3.63) is 33.8 Å². The van der Waals surface area contributed by atoms with E-state index in [1.807, 2.05) is 0 Å². The van der Waals surface area contributed by atoms with Crippen molar-refractivity contribution < 1.29 is 8.78 Å². The summed E-state index contributed by atoms with van der Waals surface area (Å²) in [6, 6.07) is 3.77. The van der Waals surface area contributed by atoms with Crippen molar-refractivity contribution in [2.45, 2.75) is 0 Å². The smallest absolute Gasteiger partial charge is 0.173 e. The SMILES string of the molecule is N#Cc1cc(F)c(F)c(Br)c1. The third-order valence-corrected chi connectivity index (χ3v) is 1.69. The van der Waals surface area contributed by atoms with Crippen LogP contribution in [-0.2, 0) is 0 Å². The first kappa shape index (κ1) is 8.15. The van der Waals surface area contributed by atoms with E-state index in [2.05, 4.69) is 15.9 Å². The molecule has 0 aromatic heterocycles. The maximum absolute atomic E-state index is 12.5. The number of hydrogen-bond acceptors (Lipinski definition) is 1. The summed E-state index contributed by atoms with van der Waals surface area (Å²) in [5.74, 6) is -1.99. The van der Waals surface area contributed by atoms with E-state index < -0.39 is 11.6 Å². The Morgan fingerprint density at radius 1 is 1.36 bits per heavy atom. The fourth-order valence-corrected chi connectivity index (χ4v) is 1.06. The molecule has 1 rings (SSSR count). The molecule has 0 N–H and O–H groups in total. The zero-order valence-corrected chi connectivity index (χ0v) is 6.82. The molecule has 0 amide bonds. The van der Waals surface area contributed by atoms with Gasteiger partial charge in [0.1, 0.15) is 0 Å². The molecule has 0 bridgehead atoms. The molecule has 0 spiro atoms. The second kappa shape index (κ2) is 2.97. The van der Waals surface area contributed by atoms with Crippen LogP contribution in [-0.4, -0.2) is 0 Å². The second-order valence-electron chi connectivity index (χ2n) is 1.87. The van der Waals surface area contributed by atoms with E-state index in [0.717, 1.165) is 6.07 Å². The molecule has 0 saturated heterocycles. The lowest BCUT2D eigenvalue weighted by Gasteiger charge is -1.95. The Labute approximate surface area is 70.4 Å².